The number of rotatable bonds is 3. The lowest BCUT2D eigenvalue weighted by Crippen LogP contribution is -1.94. The average Bonchev–Trinajstić information content (AvgIpc) is 1.69. The highest BCUT2D eigenvalue weighted by Crippen LogP contribution is 1.93. The summed E-state index contributed by atoms with van der Waals surface area (Å²) in [5.74, 6) is 0. The number of thioether (sulfide) groups is 1. The van der Waals surface area contributed by atoms with Crippen LogP contribution in [0.15, 0.2) is 11.5 Å². The van der Waals surface area contributed by atoms with Crippen molar-refractivity contribution in [3.05, 3.63) is 11.5 Å². The smallest absolute Gasteiger partial charge is 0.00423 e. The second-order valence-electron chi connectivity index (χ2n) is 1.18. The molecule has 0 radical (unpaired) electrons. The van der Waals surface area contributed by atoms with E-state index in [2.05, 4.69) is 6.08 Å². The zero-order valence-corrected chi connectivity index (χ0v) is 5.37. The molecule has 0 aliphatic heterocycles. The van der Waals surface area contributed by atoms with E-state index in [4.69, 9.17) is 5.73 Å². The van der Waals surface area contributed by atoms with Gasteiger partial charge in [0.1, 0.15) is 0 Å². The maximum atomic E-state index is 5.21. The molecule has 0 fully saturated rings. The Morgan fingerprint density at radius 1 is 1.71 bits per heavy atom. The van der Waals surface area contributed by atoms with Gasteiger partial charge in [0.25, 0.3) is 0 Å². The number of hydrogen-bond donors (Lipinski definition) is 1. The molecule has 1 nitrogen and oxygen atoms in total. The monoisotopic (exact) mass is 117 g/mol. The summed E-state index contributed by atoms with van der Waals surface area (Å²) in [5.41, 5.74) is 5.21. The molecule has 0 rings (SSSR count). The molecule has 0 aliphatic rings. The second-order valence-corrected chi connectivity index (χ2v) is 1.93. The van der Waals surface area contributed by atoms with Gasteiger partial charge in [-0.15, -0.1) is 11.8 Å². The Balaban J connectivity index is 2.78. The van der Waals surface area contributed by atoms with Gasteiger partial charge < -0.3 is 5.73 Å². The maximum absolute atomic E-state index is 5.21. The van der Waals surface area contributed by atoms with E-state index in [-0.39, 0.29) is 0 Å². The standard InChI is InChI=1S/C5H11NS/c1-7-5-3-2-4-6/h3,5H,2,4,6H2,1H3/b5-3+. The van der Waals surface area contributed by atoms with E-state index in [1.54, 1.807) is 11.8 Å². The van der Waals surface area contributed by atoms with Crippen molar-refractivity contribution < 1.29 is 0 Å². The molecule has 0 aliphatic carbocycles. The van der Waals surface area contributed by atoms with E-state index in [0.29, 0.717) is 0 Å². The van der Waals surface area contributed by atoms with E-state index in [0.717, 1.165) is 13.0 Å². The summed E-state index contributed by atoms with van der Waals surface area (Å²) < 4.78 is 0. The fourth-order valence-electron chi connectivity index (χ4n) is 0.260. The van der Waals surface area contributed by atoms with E-state index in [1.807, 2.05) is 11.7 Å². The minimum Gasteiger partial charge on any atom is -0.330 e. The van der Waals surface area contributed by atoms with Crippen molar-refractivity contribution in [1.82, 2.24) is 0 Å². The van der Waals surface area contributed by atoms with Crippen LogP contribution in [0.25, 0.3) is 0 Å². The molecule has 0 amide bonds. The zero-order chi connectivity index (χ0) is 5.54. The topological polar surface area (TPSA) is 26.0 Å². The number of hydrogen-bond acceptors (Lipinski definition) is 2. The molecular weight excluding hydrogens is 106 g/mol. The second kappa shape index (κ2) is 6.05. The molecule has 0 saturated heterocycles. The minimum absolute atomic E-state index is 0.761. The van der Waals surface area contributed by atoms with Gasteiger partial charge in [-0.3, -0.25) is 0 Å². The Labute approximate surface area is 49.0 Å². The third kappa shape index (κ3) is 6.05. The Morgan fingerprint density at radius 3 is 2.86 bits per heavy atom. The van der Waals surface area contributed by atoms with Gasteiger partial charge in [0.15, 0.2) is 0 Å². The van der Waals surface area contributed by atoms with Crippen molar-refractivity contribution in [2.45, 2.75) is 6.42 Å². The minimum atomic E-state index is 0.761. The lowest BCUT2D eigenvalue weighted by atomic mass is 10.4. The lowest BCUT2D eigenvalue weighted by molar-refractivity contribution is 1.01. The molecule has 0 heterocycles. The summed E-state index contributed by atoms with van der Waals surface area (Å²) in [6, 6.07) is 0. The molecule has 7 heavy (non-hydrogen) atoms. The largest absolute Gasteiger partial charge is 0.330 e. The summed E-state index contributed by atoms with van der Waals surface area (Å²) >= 11 is 1.71. The van der Waals surface area contributed by atoms with Crippen LogP contribution in [0.2, 0.25) is 0 Å². The van der Waals surface area contributed by atoms with Crippen molar-refractivity contribution in [2.75, 3.05) is 12.8 Å². The van der Waals surface area contributed by atoms with Gasteiger partial charge in [0.2, 0.25) is 0 Å². The SMILES string of the molecule is CS/C=C/CCN. The molecule has 0 aromatic heterocycles. The van der Waals surface area contributed by atoms with Crippen molar-refractivity contribution in [3.8, 4) is 0 Å². The molecule has 0 bridgehead atoms. The highest BCUT2D eigenvalue weighted by atomic mass is 32.2. The maximum Gasteiger partial charge on any atom is -0.00423 e. The summed E-state index contributed by atoms with van der Waals surface area (Å²) in [6.45, 7) is 0.761. The molecule has 0 atom stereocenters. The highest BCUT2D eigenvalue weighted by Gasteiger charge is 1.68. The van der Waals surface area contributed by atoms with Crippen LogP contribution in [0, 0.1) is 0 Å². The molecule has 2 heteroatoms. The fourth-order valence-corrected chi connectivity index (χ4v) is 0.589. The molecular formula is C5H11NS. The van der Waals surface area contributed by atoms with Gasteiger partial charge in [-0.25, -0.2) is 0 Å². The zero-order valence-electron chi connectivity index (χ0n) is 4.55. The van der Waals surface area contributed by atoms with Crippen LogP contribution in [0.5, 0.6) is 0 Å². The van der Waals surface area contributed by atoms with Gasteiger partial charge in [-0.05, 0) is 24.6 Å². The third-order valence-corrected chi connectivity index (χ3v) is 1.03. The Bertz CT molecular complexity index is 52.0. The Kier molecular flexibility index (Phi) is 6.09. The van der Waals surface area contributed by atoms with Crippen molar-refractivity contribution >= 4 is 11.8 Å². The van der Waals surface area contributed by atoms with Crippen LogP contribution in [0.1, 0.15) is 6.42 Å². The van der Waals surface area contributed by atoms with Crippen LogP contribution in [-0.2, 0) is 0 Å². The normalized spacial score (nSPS) is 10.6. The fraction of sp³-hybridized carbons (Fsp3) is 0.600. The van der Waals surface area contributed by atoms with Crippen molar-refractivity contribution in [1.29, 1.82) is 0 Å². The van der Waals surface area contributed by atoms with Gasteiger partial charge in [-0.1, -0.05) is 6.08 Å². The van der Waals surface area contributed by atoms with Gasteiger partial charge >= 0.3 is 0 Å². The highest BCUT2D eigenvalue weighted by molar-refractivity contribution is 8.01. The summed E-state index contributed by atoms with van der Waals surface area (Å²) in [7, 11) is 0. The van der Waals surface area contributed by atoms with Crippen LogP contribution in [0.4, 0.5) is 0 Å². The number of nitrogens with two attached hydrogens (primary N) is 1. The predicted octanol–water partition coefficient (Wildman–Crippen LogP) is 1.21. The molecule has 42 valence electrons. The lowest BCUT2D eigenvalue weighted by Gasteiger charge is -1.80. The molecule has 0 saturated carbocycles. The molecule has 0 unspecified atom stereocenters. The predicted molar refractivity (Wildman–Crippen MR) is 36.3 cm³/mol. The van der Waals surface area contributed by atoms with Crippen molar-refractivity contribution in [2.24, 2.45) is 5.73 Å². The first kappa shape index (κ1) is 7.05. The van der Waals surface area contributed by atoms with Gasteiger partial charge in [0.05, 0.1) is 0 Å². The molecule has 2 N–H and O–H groups in total. The first-order valence-electron chi connectivity index (χ1n) is 2.29. The van der Waals surface area contributed by atoms with Crippen molar-refractivity contribution in [3.63, 3.8) is 0 Å². The Hall–Kier alpha value is 0.0500. The van der Waals surface area contributed by atoms with E-state index in [1.165, 1.54) is 0 Å². The molecule has 0 aromatic carbocycles. The van der Waals surface area contributed by atoms with Gasteiger partial charge in [-0.2, -0.15) is 0 Å². The quantitative estimate of drug-likeness (QED) is 0.601. The van der Waals surface area contributed by atoms with E-state index in [9.17, 15) is 0 Å². The molecule has 0 aromatic rings. The van der Waals surface area contributed by atoms with E-state index >= 15 is 0 Å². The van der Waals surface area contributed by atoms with Crippen LogP contribution >= 0.6 is 11.8 Å². The van der Waals surface area contributed by atoms with Crippen LogP contribution < -0.4 is 5.73 Å². The third-order valence-electron chi connectivity index (χ3n) is 0.566. The van der Waals surface area contributed by atoms with Crippen LogP contribution in [0.3, 0.4) is 0 Å². The van der Waals surface area contributed by atoms with E-state index < -0.39 is 0 Å². The first-order chi connectivity index (χ1) is 3.41. The average molecular weight is 117 g/mol. The van der Waals surface area contributed by atoms with Crippen LogP contribution in [-0.4, -0.2) is 12.8 Å². The molecule has 0 spiro atoms. The summed E-state index contributed by atoms with van der Waals surface area (Å²) in [4.78, 5) is 0. The Morgan fingerprint density at radius 2 is 2.43 bits per heavy atom. The summed E-state index contributed by atoms with van der Waals surface area (Å²) in [5, 5.41) is 2.05. The van der Waals surface area contributed by atoms with Gasteiger partial charge in [0, 0.05) is 0 Å². The summed E-state index contributed by atoms with van der Waals surface area (Å²) in [6.07, 6.45) is 5.11. The first-order valence-corrected chi connectivity index (χ1v) is 3.58.